The molecule has 0 fully saturated rings. The van der Waals surface area contributed by atoms with Crippen LogP contribution in [0.15, 0.2) is 65.7 Å². The van der Waals surface area contributed by atoms with Crippen molar-refractivity contribution in [3.63, 3.8) is 0 Å². The van der Waals surface area contributed by atoms with Crippen LogP contribution in [0.1, 0.15) is 5.56 Å². The first kappa shape index (κ1) is 17.7. The summed E-state index contributed by atoms with van der Waals surface area (Å²) in [6, 6.07) is 18.4. The average molecular weight is 399 g/mol. The molecular weight excluding hydrogens is 383 g/mol. The molecule has 4 aromatic rings. The van der Waals surface area contributed by atoms with E-state index in [1.165, 1.54) is 0 Å². The Hall–Kier alpha value is -2.69. The second-order valence-electron chi connectivity index (χ2n) is 6.11. The highest BCUT2D eigenvalue weighted by Crippen LogP contribution is 2.24. The van der Waals surface area contributed by atoms with E-state index >= 15 is 0 Å². The minimum absolute atomic E-state index is 0.416. The van der Waals surface area contributed by atoms with Crippen LogP contribution in [0.5, 0.6) is 5.75 Å². The maximum absolute atomic E-state index is 10.7. The van der Waals surface area contributed by atoms with Gasteiger partial charge in [0.05, 0.1) is 30.0 Å². The van der Waals surface area contributed by atoms with Crippen molar-refractivity contribution in [3.8, 4) is 5.75 Å². The monoisotopic (exact) mass is 398 g/mol. The summed E-state index contributed by atoms with van der Waals surface area (Å²) >= 11 is 12.4. The Kier molecular flexibility index (Phi) is 4.68. The minimum atomic E-state index is 0.416. The smallest absolute Gasteiger partial charge is 0.119 e. The molecule has 0 radical (unpaired) electrons. The number of aromatic nitrogens is 1. The van der Waals surface area contributed by atoms with Crippen molar-refractivity contribution in [1.29, 1.82) is 0 Å². The van der Waals surface area contributed by atoms with Gasteiger partial charge in [0.25, 0.3) is 0 Å². The van der Waals surface area contributed by atoms with Crippen molar-refractivity contribution in [3.05, 3.63) is 81.6 Å². The zero-order valence-electron chi connectivity index (χ0n) is 14.5. The third kappa shape index (κ3) is 3.22. The Bertz CT molecular complexity index is 1230. The highest BCUT2D eigenvalue weighted by atomic mass is 35.5. The number of ether oxygens (including phenoxy) is 1. The summed E-state index contributed by atoms with van der Waals surface area (Å²) in [4.78, 5) is 4.83. The summed E-state index contributed by atoms with van der Waals surface area (Å²) in [6.07, 6.45) is 0. The zero-order chi connectivity index (χ0) is 19.0. The lowest BCUT2D eigenvalue weighted by atomic mass is 10.1. The van der Waals surface area contributed by atoms with E-state index in [2.05, 4.69) is 0 Å². The Morgan fingerprint density at radius 3 is 2.56 bits per heavy atom. The number of halogens is 2. The number of fused-ring (bicyclic) bond motifs is 2. The lowest BCUT2D eigenvalue weighted by Gasteiger charge is -2.12. The lowest BCUT2D eigenvalue weighted by molar-refractivity contribution is 0.211. The number of methoxy groups -OCH3 is 1. The molecule has 4 nitrogen and oxygen atoms in total. The molecule has 0 atom stereocenters. The maximum Gasteiger partial charge on any atom is 0.119 e. The molecule has 6 heteroatoms. The van der Waals surface area contributed by atoms with E-state index in [1.807, 2.05) is 36.4 Å². The van der Waals surface area contributed by atoms with Crippen LogP contribution in [0.4, 0.5) is 0 Å². The molecule has 0 unspecified atom stereocenters. The van der Waals surface area contributed by atoms with Gasteiger partial charge < -0.3 is 9.94 Å². The normalized spacial score (nSPS) is 12.0. The standard InChI is InChI=1S/C21H16Cl2N2O2/c1-27-15-7-9-19-17(11-15)21(24-12-13-4-2-3-5-18(13)23)16-8-6-14(22)10-20(16)25(19)26/h2-11,26H,12H2,1H3. The Morgan fingerprint density at radius 1 is 0.963 bits per heavy atom. The van der Waals surface area contributed by atoms with Crippen LogP contribution in [0.3, 0.4) is 0 Å². The van der Waals surface area contributed by atoms with Gasteiger partial charge in [-0.15, -0.1) is 0 Å². The van der Waals surface area contributed by atoms with Crippen LogP contribution < -0.4 is 10.1 Å². The molecule has 0 aliphatic rings. The first-order valence-corrected chi connectivity index (χ1v) is 9.09. The minimum Gasteiger partial charge on any atom is -0.497 e. The molecule has 0 aliphatic carbocycles. The lowest BCUT2D eigenvalue weighted by Crippen LogP contribution is -2.12. The summed E-state index contributed by atoms with van der Waals surface area (Å²) in [5.41, 5.74) is 2.12. The van der Waals surface area contributed by atoms with Crippen molar-refractivity contribution in [2.75, 3.05) is 7.11 Å². The van der Waals surface area contributed by atoms with Crippen LogP contribution in [0.25, 0.3) is 21.8 Å². The van der Waals surface area contributed by atoms with E-state index in [0.29, 0.717) is 33.4 Å². The molecule has 3 aromatic carbocycles. The van der Waals surface area contributed by atoms with Gasteiger partial charge in [-0.2, -0.15) is 4.73 Å². The van der Waals surface area contributed by atoms with E-state index in [0.717, 1.165) is 26.4 Å². The fourth-order valence-electron chi connectivity index (χ4n) is 3.13. The van der Waals surface area contributed by atoms with Crippen molar-refractivity contribution >= 4 is 45.0 Å². The number of hydrogen-bond acceptors (Lipinski definition) is 3. The maximum atomic E-state index is 10.7. The predicted molar refractivity (Wildman–Crippen MR) is 109 cm³/mol. The van der Waals surface area contributed by atoms with Crippen molar-refractivity contribution in [2.45, 2.75) is 6.54 Å². The SMILES string of the molecule is COc1ccc2c(c1)c(=NCc1ccccc1Cl)c1ccc(Cl)cc1n2O. The molecule has 27 heavy (non-hydrogen) atoms. The fraction of sp³-hybridized carbons (Fsp3) is 0.0952. The van der Waals surface area contributed by atoms with E-state index in [1.54, 1.807) is 31.4 Å². The van der Waals surface area contributed by atoms with Crippen molar-refractivity contribution in [1.82, 2.24) is 4.73 Å². The summed E-state index contributed by atoms with van der Waals surface area (Å²) in [5, 5.41) is 14.2. The molecule has 4 rings (SSSR count). The van der Waals surface area contributed by atoms with Crippen molar-refractivity contribution in [2.24, 2.45) is 4.99 Å². The van der Waals surface area contributed by atoms with Gasteiger partial charge in [-0.3, -0.25) is 4.99 Å². The van der Waals surface area contributed by atoms with Crippen molar-refractivity contribution < 1.29 is 9.94 Å². The summed E-state index contributed by atoms with van der Waals surface area (Å²) in [7, 11) is 1.61. The second-order valence-corrected chi connectivity index (χ2v) is 6.96. The quantitative estimate of drug-likeness (QED) is 0.368. The number of nitrogens with zero attached hydrogens (tertiary/aromatic N) is 2. The molecule has 0 aliphatic heterocycles. The first-order chi connectivity index (χ1) is 13.1. The Balaban J connectivity index is 2.07. The number of benzene rings is 3. The first-order valence-electron chi connectivity index (χ1n) is 8.33. The van der Waals surface area contributed by atoms with Gasteiger partial charge in [0.15, 0.2) is 0 Å². The van der Waals surface area contributed by atoms with Gasteiger partial charge in [0.2, 0.25) is 0 Å². The Morgan fingerprint density at radius 2 is 1.78 bits per heavy atom. The molecule has 0 spiro atoms. The van der Waals surface area contributed by atoms with E-state index in [-0.39, 0.29) is 0 Å². The molecule has 0 saturated carbocycles. The van der Waals surface area contributed by atoms with Gasteiger partial charge in [-0.05, 0) is 48.0 Å². The Labute approximate surface area is 165 Å². The van der Waals surface area contributed by atoms with Crippen LogP contribution in [-0.4, -0.2) is 17.0 Å². The zero-order valence-corrected chi connectivity index (χ0v) is 16.0. The van der Waals surface area contributed by atoms with Gasteiger partial charge in [0.1, 0.15) is 5.75 Å². The van der Waals surface area contributed by atoms with Gasteiger partial charge >= 0.3 is 0 Å². The average Bonchev–Trinajstić information content (AvgIpc) is 2.69. The summed E-state index contributed by atoms with van der Waals surface area (Å²) in [5.74, 6) is 0.685. The largest absolute Gasteiger partial charge is 0.497 e. The molecular formula is C21H16Cl2N2O2. The molecule has 0 amide bonds. The fourth-order valence-corrected chi connectivity index (χ4v) is 3.49. The molecule has 136 valence electrons. The second kappa shape index (κ2) is 7.14. The molecule has 1 N–H and O–H groups in total. The summed E-state index contributed by atoms with van der Waals surface area (Å²) < 4.78 is 6.48. The third-order valence-electron chi connectivity index (χ3n) is 4.50. The summed E-state index contributed by atoms with van der Waals surface area (Å²) in [6.45, 7) is 0.416. The predicted octanol–water partition coefficient (Wildman–Crippen LogP) is 5.45. The van der Waals surface area contributed by atoms with E-state index < -0.39 is 0 Å². The van der Waals surface area contributed by atoms with Crippen LogP contribution in [0, 0.1) is 0 Å². The van der Waals surface area contributed by atoms with E-state index in [9.17, 15) is 5.21 Å². The molecule has 0 bridgehead atoms. The highest BCUT2D eigenvalue weighted by Gasteiger charge is 2.11. The number of rotatable bonds is 3. The third-order valence-corrected chi connectivity index (χ3v) is 5.10. The van der Waals surface area contributed by atoms with Gasteiger partial charge in [0, 0.05) is 20.8 Å². The van der Waals surface area contributed by atoms with Gasteiger partial charge in [-0.25, -0.2) is 0 Å². The molecule has 1 aromatic heterocycles. The van der Waals surface area contributed by atoms with Crippen LogP contribution in [-0.2, 0) is 6.54 Å². The molecule has 1 heterocycles. The topological polar surface area (TPSA) is 46.8 Å². The van der Waals surface area contributed by atoms with Crippen LogP contribution in [0.2, 0.25) is 10.0 Å². The van der Waals surface area contributed by atoms with E-state index in [4.69, 9.17) is 32.9 Å². The highest BCUT2D eigenvalue weighted by molar-refractivity contribution is 6.31. The molecule has 0 saturated heterocycles. The van der Waals surface area contributed by atoms with Gasteiger partial charge in [-0.1, -0.05) is 41.4 Å². The van der Waals surface area contributed by atoms with Crippen LogP contribution >= 0.6 is 23.2 Å². The number of hydrogen-bond donors (Lipinski definition) is 1. The number of pyridine rings is 1.